The number of carboxylic acids is 1. The molecule has 0 aromatic heterocycles. The van der Waals surface area contributed by atoms with Crippen LogP contribution < -0.4 is 5.73 Å². The Morgan fingerprint density at radius 3 is 2.24 bits per heavy atom. The van der Waals surface area contributed by atoms with E-state index in [-0.39, 0.29) is 11.3 Å². The van der Waals surface area contributed by atoms with Crippen molar-refractivity contribution < 1.29 is 27.9 Å². The zero-order valence-electron chi connectivity index (χ0n) is 9.33. The summed E-state index contributed by atoms with van der Waals surface area (Å²) in [5, 5.41) is 8.77. The second-order valence-corrected chi connectivity index (χ2v) is 3.55. The van der Waals surface area contributed by atoms with Crippen LogP contribution in [0.4, 0.5) is 13.2 Å². The van der Waals surface area contributed by atoms with Crippen LogP contribution in [0.3, 0.4) is 0 Å². The number of carbonyl (C=O) groups is 2. The highest BCUT2D eigenvalue weighted by molar-refractivity contribution is 5.86. The van der Waals surface area contributed by atoms with Gasteiger partial charge in [0.05, 0.1) is 0 Å². The quantitative estimate of drug-likeness (QED) is 0.681. The Labute approximate surface area is 96.4 Å². The van der Waals surface area contributed by atoms with Crippen LogP contribution in [0.2, 0.25) is 0 Å². The van der Waals surface area contributed by atoms with E-state index in [4.69, 9.17) is 10.8 Å². The van der Waals surface area contributed by atoms with E-state index in [0.717, 1.165) is 7.05 Å². The number of unbranched alkanes of at least 4 members (excludes halogenated alkanes) is 1. The summed E-state index contributed by atoms with van der Waals surface area (Å²) in [6.45, 7) is 0.323. The first-order chi connectivity index (χ1) is 7.71. The minimum atomic E-state index is -5.06. The molecule has 0 saturated carbocycles. The first-order valence-corrected chi connectivity index (χ1v) is 4.98. The highest BCUT2D eigenvalue weighted by atomic mass is 19.4. The molecule has 0 aliphatic rings. The summed E-state index contributed by atoms with van der Waals surface area (Å²) in [7, 11) is 0.830. The topological polar surface area (TPSA) is 83.6 Å². The van der Waals surface area contributed by atoms with Gasteiger partial charge in [0.25, 0.3) is 0 Å². The Kier molecular flexibility index (Phi) is 5.94. The van der Waals surface area contributed by atoms with E-state index in [1.54, 1.807) is 0 Å². The molecule has 17 heavy (non-hydrogen) atoms. The van der Waals surface area contributed by atoms with E-state index >= 15 is 0 Å². The van der Waals surface area contributed by atoms with Gasteiger partial charge in [-0.1, -0.05) is 0 Å². The van der Waals surface area contributed by atoms with Crippen molar-refractivity contribution in [1.29, 1.82) is 0 Å². The lowest BCUT2D eigenvalue weighted by Gasteiger charge is -2.25. The third kappa shape index (κ3) is 5.03. The van der Waals surface area contributed by atoms with Gasteiger partial charge in [0.1, 0.15) is 6.04 Å². The summed E-state index contributed by atoms with van der Waals surface area (Å²) in [6.07, 6.45) is -4.26. The van der Waals surface area contributed by atoms with Crippen LogP contribution in [0, 0.1) is 0 Å². The molecule has 0 fully saturated rings. The fraction of sp³-hybridized carbons (Fsp3) is 0.778. The molecular formula is C9H15F3N2O3. The number of nitrogens with two attached hydrogens (primary N) is 1. The molecule has 0 aromatic rings. The number of rotatable bonds is 6. The van der Waals surface area contributed by atoms with Crippen molar-refractivity contribution in [1.82, 2.24) is 4.90 Å². The molecule has 0 rings (SSSR count). The van der Waals surface area contributed by atoms with E-state index in [0.29, 0.717) is 19.4 Å². The molecule has 0 unspecified atom stereocenters. The van der Waals surface area contributed by atoms with Gasteiger partial charge in [-0.3, -0.25) is 4.79 Å². The molecule has 5 nitrogen and oxygen atoms in total. The molecule has 0 aromatic carbocycles. The zero-order valence-corrected chi connectivity index (χ0v) is 9.33. The van der Waals surface area contributed by atoms with E-state index in [1.165, 1.54) is 0 Å². The number of hydrogen-bond donors (Lipinski definition) is 2. The maximum atomic E-state index is 12.1. The fourth-order valence-corrected chi connectivity index (χ4v) is 1.31. The molecular weight excluding hydrogens is 241 g/mol. The number of hydrogen-bond acceptors (Lipinski definition) is 3. The van der Waals surface area contributed by atoms with Gasteiger partial charge < -0.3 is 15.7 Å². The number of alkyl halides is 3. The minimum absolute atomic E-state index is 0.0507. The van der Waals surface area contributed by atoms with Crippen molar-refractivity contribution in [3.05, 3.63) is 0 Å². The Bertz CT molecular complexity index is 281. The third-order valence-electron chi connectivity index (χ3n) is 2.25. The van der Waals surface area contributed by atoms with Gasteiger partial charge in [-0.05, 0) is 25.8 Å². The summed E-state index contributed by atoms with van der Waals surface area (Å²) in [5.74, 6) is -3.61. The zero-order chi connectivity index (χ0) is 13.6. The number of aliphatic carboxylic acids is 1. The van der Waals surface area contributed by atoms with Crippen LogP contribution in [-0.2, 0) is 9.59 Å². The van der Waals surface area contributed by atoms with Crippen LogP contribution in [0.1, 0.15) is 19.3 Å². The molecule has 0 spiro atoms. The van der Waals surface area contributed by atoms with Crippen molar-refractivity contribution in [3.8, 4) is 0 Å². The molecule has 8 heteroatoms. The molecule has 0 saturated heterocycles. The van der Waals surface area contributed by atoms with E-state index in [1.807, 2.05) is 0 Å². The van der Waals surface area contributed by atoms with E-state index in [2.05, 4.69) is 0 Å². The number of amides is 1. The van der Waals surface area contributed by atoms with Crippen molar-refractivity contribution in [2.75, 3.05) is 13.6 Å². The second kappa shape index (κ2) is 6.43. The van der Waals surface area contributed by atoms with Gasteiger partial charge in [-0.25, -0.2) is 4.79 Å². The second-order valence-electron chi connectivity index (χ2n) is 3.55. The number of likely N-dealkylation sites (N-methyl/N-ethyl adjacent to an activating group) is 1. The SMILES string of the molecule is CN(C(=O)C(F)(F)F)[C@@H](CCCCN)C(=O)O. The fourth-order valence-electron chi connectivity index (χ4n) is 1.31. The van der Waals surface area contributed by atoms with Crippen LogP contribution in [0.5, 0.6) is 0 Å². The Morgan fingerprint density at radius 1 is 1.35 bits per heavy atom. The first kappa shape index (κ1) is 15.7. The lowest BCUT2D eigenvalue weighted by Crippen LogP contribution is -2.48. The first-order valence-electron chi connectivity index (χ1n) is 4.98. The maximum Gasteiger partial charge on any atom is 0.471 e. The summed E-state index contributed by atoms with van der Waals surface area (Å²) < 4.78 is 36.3. The largest absolute Gasteiger partial charge is 0.480 e. The summed E-state index contributed by atoms with van der Waals surface area (Å²) >= 11 is 0. The van der Waals surface area contributed by atoms with Crippen molar-refractivity contribution in [2.45, 2.75) is 31.5 Å². The van der Waals surface area contributed by atoms with Gasteiger partial charge in [0.2, 0.25) is 0 Å². The van der Waals surface area contributed by atoms with Gasteiger partial charge in [-0.15, -0.1) is 0 Å². The van der Waals surface area contributed by atoms with Gasteiger partial charge in [0, 0.05) is 7.05 Å². The van der Waals surface area contributed by atoms with E-state index < -0.39 is 24.1 Å². The molecule has 0 heterocycles. The Hall–Kier alpha value is -1.31. The van der Waals surface area contributed by atoms with Gasteiger partial charge in [-0.2, -0.15) is 13.2 Å². The predicted molar refractivity (Wildman–Crippen MR) is 53.2 cm³/mol. The lowest BCUT2D eigenvalue weighted by atomic mass is 10.1. The van der Waals surface area contributed by atoms with Crippen LogP contribution >= 0.6 is 0 Å². The molecule has 0 aliphatic carbocycles. The molecule has 0 aliphatic heterocycles. The standard InChI is InChI=1S/C9H15F3N2O3/c1-14(8(17)9(10,11)12)6(7(15)16)4-2-3-5-13/h6H,2-5,13H2,1H3,(H,15,16)/t6-/m0/s1. The van der Waals surface area contributed by atoms with Crippen molar-refractivity contribution >= 4 is 11.9 Å². The Morgan fingerprint density at radius 2 is 1.88 bits per heavy atom. The number of halogens is 3. The molecule has 1 amide bonds. The van der Waals surface area contributed by atoms with Crippen LogP contribution in [0.25, 0.3) is 0 Å². The highest BCUT2D eigenvalue weighted by Gasteiger charge is 2.44. The third-order valence-corrected chi connectivity index (χ3v) is 2.25. The normalized spacial score (nSPS) is 13.2. The highest BCUT2D eigenvalue weighted by Crippen LogP contribution is 2.20. The molecule has 3 N–H and O–H groups in total. The number of carboxylic acid groups (broad SMARTS) is 1. The monoisotopic (exact) mass is 256 g/mol. The summed E-state index contributed by atoms with van der Waals surface area (Å²) in [4.78, 5) is 21.8. The van der Waals surface area contributed by atoms with Crippen molar-refractivity contribution in [2.24, 2.45) is 5.73 Å². The summed E-state index contributed by atoms with van der Waals surface area (Å²) in [5.41, 5.74) is 5.19. The number of nitrogens with zero attached hydrogens (tertiary/aromatic N) is 1. The molecule has 0 bridgehead atoms. The lowest BCUT2D eigenvalue weighted by molar-refractivity contribution is -0.188. The Balaban J connectivity index is 4.60. The van der Waals surface area contributed by atoms with E-state index in [9.17, 15) is 22.8 Å². The minimum Gasteiger partial charge on any atom is -0.480 e. The number of carbonyl (C=O) groups excluding carboxylic acids is 1. The van der Waals surface area contributed by atoms with Gasteiger partial charge >= 0.3 is 18.1 Å². The average Bonchev–Trinajstić information content (AvgIpc) is 2.20. The van der Waals surface area contributed by atoms with Crippen LogP contribution in [0.15, 0.2) is 0 Å². The predicted octanol–water partition coefficient (Wildman–Crippen LogP) is 0.589. The smallest absolute Gasteiger partial charge is 0.471 e. The summed E-state index contributed by atoms with van der Waals surface area (Å²) in [6, 6.07) is -1.48. The maximum absolute atomic E-state index is 12.1. The molecule has 100 valence electrons. The molecule has 0 radical (unpaired) electrons. The van der Waals surface area contributed by atoms with Gasteiger partial charge in [0.15, 0.2) is 0 Å². The van der Waals surface area contributed by atoms with Crippen LogP contribution in [-0.4, -0.2) is 47.7 Å². The average molecular weight is 256 g/mol. The van der Waals surface area contributed by atoms with Crippen molar-refractivity contribution in [3.63, 3.8) is 0 Å². The molecule has 1 atom stereocenters.